The van der Waals surface area contributed by atoms with Gasteiger partial charge >= 0.3 is 0 Å². The summed E-state index contributed by atoms with van der Waals surface area (Å²) >= 11 is 0. The predicted molar refractivity (Wildman–Crippen MR) is 191 cm³/mol. The Balaban J connectivity index is 1.40. The van der Waals surface area contributed by atoms with E-state index in [4.69, 9.17) is 4.74 Å². The summed E-state index contributed by atoms with van der Waals surface area (Å²) in [6.45, 7) is 6.89. The Bertz CT molecular complexity index is 1680. The molecule has 17 heteroatoms. The van der Waals surface area contributed by atoms with Crippen LogP contribution in [0.4, 0.5) is 4.39 Å². The van der Waals surface area contributed by atoms with Crippen molar-refractivity contribution < 1.29 is 37.9 Å². The summed E-state index contributed by atoms with van der Waals surface area (Å²) in [4.78, 5) is 98.7. The van der Waals surface area contributed by atoms with Crippen LogP contribution in [0.1, 0.15) is 102 Å². The molecular formula is C37H50FN9O7. The third kappa shape index (κ3) is 10.3. The summed E-state index contributed by atoms with van der Waals surface area (Å²) in [6.07, 6.45) is 11.5. The highest BCUT2D eigenvalue weighted by Crippen LogP contribution is 2.31. The molecule has 3 fully saturated rings. The molecule has 2 aromatic rings. The van der Waals surface area contributed by atoms with Crippen LogP contribution in [0.25, 0.3) is 0 Å². The molecule has 0 aromatic carbocycles. The zero-order valence-electron chi connectivity index (χ0n) is 31.2. The molecule has 2 aliphatic carbocycles. The highest BCUT2D eigenvalue weighted by molar-refractivity contribution is 6.38. The van der Waals surface area contributed by atoms with Crippen LogP contribution in [0.2, 0.25) is 0 Å². The lowest BCUT2D eigenvalue weighted by molar-refractivity contribution is -0.145. The molecule has 16 nitrogen and oxygen atoms in total. The fourth-order valence-corrected chi connectivity index (χ4v) is 6.93. The van der Waals surface area contributed by atoms with Crippen LogP contribution in [0.15, 0.2) is 31.1 Å². The van der Waals surface area contributed by atoms with Gasteiger partial charge in [0.1, 0.15) is 36.3 Å². The molecule has 4 N–H and O–H groups in total. The van der Waals surface area contributed by atoms with E-state index in [0.29, 0.717) is 19.3 Å². The molecular weight excluding hydrogens is 701 g/mol. The number of nitrogens with zero attached hydrogens (tertiary/aromatic N) is 5. The lowest BCUT2D eigenvalue weighted by Crippen LogP contribution is -2.62. The second-order valence-electron chi connectivity index (χ2n) is 15.4. The van der Waals surface area contributed by atoms with Crippen molar-refractivity contribution in [2.24, 2.45) is 11.3 Å². The van der Waals surface area contributed by atoms with Gasteiger partial charge in [0.15, 0.2) is 0 Å². The van der Waals surface area contributed by atoms with Gasteiger partial charge in [0, 0.05) is 24.9 Å². The van der Waals surface area contributed by atoms with Gasteiger partial charge in [-0.1, -0.05) is 53.4 Å². The molecule has 3 unspecified atom stereocenters. The number of ketones is 1. The Morgan fingerprint density at radius 2 is 1.69 bits per heavy atom. The summed E-state index contributed by atoms with van der Waals surface area (Å²) in [5, 5.41) is 11.1. The summed E-state index contributed by atoms with van der Waals surface area (Å²) in [5.41, 5.74) is -0.865. The maximum absolute atomic E-state index is 14.7. The van der Waals surface area contributed by atoms with Gasteiger partial charge in [0.2, 0.25) is 29.3 Å². The molecule has 3 aliphatic rings. The van der Waals surface area contributed by atoms with E-state index in [9.17, 15) is 33.2 Å². The minimum atomic E-state index is -1.22. The van der Waals surface area contributed by atoms with E-state index in [0.717, 1.165) is 44.6 Å². The van der Waals surface area contributed by atoms with E-state index < -0.39 is 76.8 Å². The number of halogens is 1. The molecule has 1 saturated heterocycles. The first-order chi connectivity index (χ1) is 25.8. The van der Waals surface area contributed by atoms with E-state index in [1.807, 2.05) is 6.92 Å². The molecule has 5 amide bonds. The largest absolute Gasteiger partial charge is 0.470 e. The van der Waals surface area contributed by atoms with Crippen molar-refractivity contribution in [3.63, 3.8) is 0 Å². The maximum atomic E-state index is 14.7. The van der Waals surface area contributed by atoms with Crippen LogP contribution in [0.3, 0.4) is 0 Å². The number of carbonyl (C=O) groups is 6. The Morgan fingerprint density at radius 3 is 2.31 bits per heavy atom. The molecule has 1 aliphatic heterocycles. The fraction of sp³-hybridized carbons (Fsp3) is 0.622. The number of rotatable bonds is 15. The van der Waals surface area contributed by atoms with E-state index in [-0.39, 0.29) is 42.9 Å². The second kappa shape index (κ2) is 17.8. The van der Waals surface area contributed by atoms with Crippen LogP contribution in [-0.4, -0.2) is 103 Å². The number of carbonyl (C=O) groups excluding carboxylic acids is 6. The number of amides is 5. The van der Waals surface area contributed by atoms with Gasteiger partial charge in [0.25, 0.3) is 17.7 Å². The van der Waals surface area contributed by atoms with Crippen molar-refractivity contribution in [3.8, 4) is 5.88 Å². The smallest absolute Gasteiger partial charge is 0.289 e. The van der Waals surface area contributed by atoms with E-state index in [1.54, 1.807) is 20.8 Å². The lowest BCUT2D eigenvalue weighted by atomic mass is 9.82. The highest BCUT2D eigenvalue weighted by Gasteiger charge is 2.47. The van der Waals surface area contributed by atoms with Crippen molar-refractivity contribution in [2.75, 3.05) is 6.54 Å². The normalized spacial score (nSPS) is 20.6. The van der Waals surface area contributed by atoms with Crippen molar-refractivity contribution in [1.82, 2.24) is 46.1 Å². The average Bonchev–Trinajstić information content (AvgIpc) is 3.87. The SMILES string of the molecule is CCCC(NC(=O)[C@@H]1C[C@@H](Oc2ncncc2F)CN1C(=O)C(NC(=O)C(NC(=O)c1cnccn1)C1CCCCC1)C(C)(C)C)C(=O)C(=O)NC1CC1. The number of hydrogen-bond acceptors (Lipinski definition) is 11. The van der Waals surface area contributed by atoms with Crippen LogP contribution in [0, 0.1) is 17.2 Å². The molecule has 54 heavy (non-hydrogen) atoms. The Labute approximate surface area is 313 Å². The van der Waals surface area contributed by atoms with Crippen LogP contribution >= 0.6 is 0 Å². The van der Waals surface area contributed by atoms with Crippen LogP contribution in [-0.2, 0) is 24.0 Å². The average molecular weight is 752 g/mol. The van der Waals surface area contributed by atoms with E-state index >= 15 is 0 Å². The first-order valence-electron chi connectivity index (χ1n) is 18.7. The molecule has 5 rings (SSSR count). The monoisotopic (exact) mass is 751 g/mol. The number of Topliss-reactive ketones (excluding diaryl/α,β-unsaturated/α-hetero) is 1. The van der Waals surface area contributed by atoms with Gasteiger partial charge in [-0.15, -0.1) is 0 Å². The van der Waals surface area contributed by atoms with Gasteiger partial charge in [-0.25, -0.2) is 9.97 Å². The number of aromatic nitrogens is 4. The summed E-state index contributed by atoms with van der Waals surface area (Å²) < 4.78 is 20.4. The quantitative estimate of drug-likeness (QED) is 0.193. The highest BCUT2D eigenvalue weighted by atomic mass is 19.1. The van der Waals surface area contributed by atoms with Gasteiger partial charge in [-0.2, -0.15) is 9.37 Å². The molecule has 0 radical (unpaired) electrons. The van der Waals surface area contributed by atoms with Crippen molar-refractivity contribution in [2.45, 2.75) is 128 Å². The maximum Gasteiger partial charge on any atom is 0.289 e. The molecule has 292 valence electrons. The Kier molecular flexibility index (Phi) is 13.2. The van der Waals surface area contributed by atoms with Gasteiger partial charge < -0.3 is 30.9 Å². The standard InChI is InChI=1S/C37H50FN9O7/c1-5-9-25(29(48)34(52)43-22-12-13-22)44-32(50)27-16-23(54-35-24(38)17-40-20-42-35)19-47(27)36(53)30(37(2,3)4)46-33(51)28(21-10-7-6-8-11-21)45-31(49)26-18-39-14-15-41-26/h14-15,17-18,20-23,25,27-28,30H,5-13,16,19H2,1-4H3,(H,43,52)(H,44,50)(H,45,49)(H,46,51)/t23-,25?,27+,28?,30?/m1/s1. The van der Waals surface area contributed by atoms with E-state index in [2.05, 4.69) is 41.2 Å². The van der Waals surface area contributed by atoms with Gasteiger partial charge in [-0.05, 0) is 43.4 Å². The number of nitrogens with one attached hydrogen (secondary N) is 4. The molecule has 5 atom stereocenters. The summed E-state index contributed by atoms with van der Waals surface area (Å²) in [5.74, 6) is -5.47. The third-order valence-electron chi connectivity index (χ3n) is 9.99. The van der Waals surface area contributed by atoms with Crippen molar-refractivity contribution >= 4 is 35.3 Å². The molecule has 0 bridgehead atoms. The Hall–Kier alpha value is -5.09. The first kappa shape index (κ1) is 40.1. The number of likely N-dealkylation sites (tertiary alicyclic amines) is 1. The van der Waals surface area contributed by atoms with Gasteiger partial charge in [0.05, 0.1) is 25.0 Å². The first-order valence-corrected chi connectivity index (χ1v) is 18.7. The predicted octanol–water partition coefficient (Wildman–Crippen LogP) is 1.80. The van der Waals surface area contributed by atoms with Crippen LogP contribution in [0.5, 0.6) is 5.88 Å². The number of hydrogen-bond donors (Lipinski definition) is 4. The molecule has 3 heterocycles. The summed E-state index contributed by atoms with van der Waals surface area (Å²) in [6, 6.07) is -4.63. The second-order valence-corrected chi connectivity index (χ2v) is 15.4. The third-order valence-corrected chi connectivity index (χ3v) is 9.99. The van der Waals surface area contributed by atoms with Crippen molar-refractivity contribution in [1.29, 1.82) is 0 Å². The topological polar surface area (TPSA) is 215 Å². The van der Waals surface area contributed by atoms with Gasteiger partial charge in [-0.3, -0.25) is 33.8 Å². The minimum absolute atomic E-state index is 0.0384. The fourth-order valence-electron chi connectivity index (χ4n) is 6.93. The molecule has 0 spiro atoms. The lowest BCUT2D eigenvalue weighted by Gasteiger charge is -2.37. The number of ether oxygens (including phenoxy) is 1. The molecule has 2 aromatic heterocycles. The van der Waals surface area contributed by atoms with Crippen LogP contribution < -0.4 is 26.0 Å². The molecule has 2 saturated carbocycles. The zero-order valence-corrected chi connectivity index (χ0v) is 31.2. The summed E-state index contributed by atoms with van der Waals surface area (Å²) in [7, 11) is 0. The van der Waals surface area contributed by atoms with Crippen molar-refractivity contribution in [3.05, 3.63) is 42.6 Å². The minimum Gasteiger partial charge on any atom is -0.470 e. The van der Waals surface area contributed by atoms with E-state index in [1.165, 1.54) is 23.5 Å². The zero-order chi connectivity index (χ0) is 39.0. The Morgan fingerprint density at radius 1 is 0.944 bits per heavy atom.